The van der Waals surface area contributed by atoms with Gasteiger partial charge in [0.15, 0.2) is 0 Å². The predicted octanol–water partition coefficient (Wildman–Crippen LogP) is 1.95. The molecule has 0 aromatic heterocycles. The molecule has 1 amide bonds. The van der Waals surface area contributed by atoms with E-state index in [0.717, 1.165) is 0 Å². The van der Waals surface area contributed by atoms with Gasteiger partial charge in [-0.05, 0) is 31.4 Å². The largest absolute Gasteiger partial charge is 0.325 e. The molecule has 1 aliphatic rings. The molecule has 0 unspecified atom stereocenters. The molecule has 6 nitrogen and oxygen atoms in total. The van der Waals surface area contributed by atoms with Crippen LogP contribution in [-0.2, 0) is 14.8 Å². The summed E-state index contributed by atoms with van der Waals surface area (Å²) >= 11 is 0. The van der Waals surface area contributed by atoms with Gasteiger partial charge < -0.3 is 5.32 Å². The molecule has 1 saturated heterocycles. The molecule has 124 valence electrons. The molecule has 2 rings (SSSR count). The van der Waals surface area contributed by atoms with Gasteiger partial charge in [-0.2, -0.15) is 5.26 Å². The van der Waals surface area contributed by atoms with Crippen LogP contribution in [0.25, 0.3) is 0 Å². The number of anilines is 1. The van der Waals surface area contributed by atoms with E-state index in [1.807, 2.05) is 13.0 Å². The minimum atomic E-state index is -3.19. The van der Waals surface area contributed by atoms with Crippen molar-refractivity contribution in [3.63, 3.8) is 0 Å². The number of nitriles is 1. The molecular weight excluding hydrogens is 314 g/mol. The number of hydrogen-bond donors (Lipinski definition) is 1. The summed E-state index contributed by atoms with van der Waals surface area (Å²) in [5.41, 5.74) is 0.921. The van der Waals surface area contributed by atoms with Crippen molar-refractivity contribution >= 4 is 21.6 Å². The van der Waals surface area contributed by atoms with Crippen LogP contribution < -0.4 is 5.32 Å². The number of hydrogen-bond acceptors (Lipinski definition) is 4. The first-order chi connectivity index (χ1) is 11.0. The van der Waals surface area contributed by atoms with Crippen molar-refractivity contribution in [2.45, 2.75) is 26.2 Å². The lowest BCUT2D eigenvalue weighted by atomic mass is 9.97. The van der Waals surface area contributed by atoms with Crippen LogP contribution in [0.4, 0.5) is 5.69 Å². The summed E-state index contributed by atoms with van der Waals surface area (Å²) in [5.74, 6) is -0.227. The number of piperidine rings is 1. The summed E-state index contributed by atoms with van der Waals surface area (Å²) in [6, 6.07) is 8.88. The van der Waals surface area contributed by atoms with Crippen molar-refractivity contribution in [1.29, 1.82) is 5.26 Å². The molecule has 1 N–H and O–H groups in total. The zero-order valence-electron chi connectivity index (χ0n) is 13.2. The molecule has 0 radical (unpaired) electrons. The number of nitrogens with zero attached hydrogens (tertiary/aromatic N) is 2. The second kappa shape index (κ2) is 7.57. The maximum Gasteiger partial charge on any atom is 0.227 e. The Morgan fingerprint density at radius 1 is 1.35 bits per heavy atom. The third kappa shape index (κ3) is 4.30. The van der Waals surface area contributed by atoms with Gasteiger partial charge in [0.05, 0.1) is 17.0 Å². The van der Waals surface area contributed by atoms with Gasteiger partial charge in [-0.1, -0.05) is 19.1 Å². The molecular formula is C16H21N3O3S. The number of nitrogens with one attached hydrogen (secondary N) is 1. The highest BCUT2D eigenvalue weighted by Gasteiger charge is 2.30. The summed E-state index contributed by atoms with van der Waals surface area (Å²) < 4.78 is 25.5. The van der Waals surface area contributed by atoms with Crippen molar-refractivity contribution in [3.05, 3.63) is 29.8 Å². The normalized spacial score (nSPS) is 16.7. The van der Waals surface area contributed by atoms with E-state index in [2.05, 4.69) is 5.32 Å². The van der Waals surface area contributed by atoms with Crippen LogP contribution in [0, 0.1) is 17.2 Å². The van der Waals surface area contributed by atoms with Gasteiger partial charge in [0.1, 0.15) is 6.07 Å². The highest BCUT2D eigenvalue weighted by Crippen LogP contribution is 2.23. The SMILES string of the molecule is CCCS(=O)(=O)N1CCC(C(=O)Nc2ccccc2C#N)CC1. The molecule has 1 aromatic carbocycles. The van der Waals surface area contributed by atoms with Gasteiger partial charge in [-0.15, -0.1) is 0 Å². The highest BCUT2D eigenvalue weighted by molar-refractivity contribution is 7.89. The smallest absolute Gasteiger partial charge is 0.227 e. The lowest BCUT2D eigenvalue weighted by molar-refractivity contribution is -0.120. The van der Waals surface area contributed by atoms with Crippen LogP contribution in [0.3, 0.4) is 0 Å². The Kier molecular flexibility index (Phi) is 5.74. The minimum Gasteiger partial charge on any atom is -0.325 e. The molecule has 1 aliphatic heterocycles. The molecule has 0 aliphatic carbocycles. The maximum absolute atomic E-state index is 12.3. The summed E-state index contributed by atoms with van der Waals surface area (Å²) in [4.78, 5) is 12.3. The number of carbonyl (C=O) groups is 1. The lowest BCUT2D eigenvalue weighted by Gasteiger charge is -2.30. The molecule has 0 spiro atoms. The first-order valence-corrected chi connectivity index (χ1v) is 9.36. The number of para-hydroxylation sites is 1. The van der Waals surface area contributed by atoms with Crippen LogP contribution in [0.2, 0.25) is 0 Å². The molecule has 1 fully saturated rings. The van der Waals surface area contributed by atoms with Crippen molar-refractivity contribution < 1.29 is 13.2 Å². The Balaban J connectivity index is 1.95. The van der Waals surface area contributed by atoms with Crippen molar-refractivity contribution in [2.24, 2.45) is 5.92 Å². The van der Waals surface area contributed by atoms with E-state index >= 15 is 0 Å². The average Bonchev–Trinajstić information content (AvgIpc) is 2.55. The fourth-order valence-corrected chi connectivity index (χ4v) is 4.25. The number of carbonyl (C=O) groups excluding carboxylic acids is 1. The van der Waals surface area contributed by atoms with Crippen LogP contribution >= 0.6 is 0 Å². The van der Waals surface area contributed by atoms with Crippen LogP contribution in [0.1, 0.15) is 31.7 Å². The van der Waals surface area contributed by atoms with Crippen molar-refractivity contribution in [3.8, 4) is 6.07 Å². The first kappa shape index (κ1) is 17.4. The molecule has 23 heavy (non-hydrogen) atoms. The van der Waals surface area contributed by atoms with Crippen LogP contribution in [0.5, 0.6) is 0 Å². The van der Waals surface area contributed by atoms with Gasteiger partial charge in [0.25, 0.3) is 0 Å². The monoisotopic (exact) mass is 335 g/mol. The van der Waals surface area contributed by atoms with Gasteiger partial charge in [-0.25, -0.2) is 12.7 Å². The van der Waals surface area contributed by atoms with Crippen LogP contribution in [0.15, 0.2) is 24.3 Å². The molecule has 7 heteroatoms. The van der Waals surface area contributed by atoms with E-state index in [-0.39, 0.29) is 17.6 Å². The maximum atomic E-state index is 12.3. The summed E-state index contributed by atoms with van der Waals surface area (Å²) in [7, 11) is -3.19. The average molecular weight is 335 g/mol. The minimum absolute atomic E-state index is 0.152. The summed E-state index contributed by atoms with van der Waals surface area (Å²) in [6.07, 6.45) is 1.60. The Morgan fingerprint density at radius 2 is 2.00 bits per heavy atom. The molecule has 1 heterocycles. The van der Waals surface area contributed by atoms with E-state index in [1.54, 1.807) is 24.3 Å². The third-order valence-corrected chi connectivity index (χ3v) is 6.06. The number of benzene rings is 1. The van der Waals surface area contributed by atoms with Gasteiger partial charge >= 0.3 is 0 Å². The van der Waals surface area contributed by atoms with Gasteiger partial charge in [0, 0.05) is 19.0 Å². The van der Waals surface area contributed by atoms with Crippen molar-refractivity contribution in [2.75, 3.05) is 24.2 Å². The van der Waals surface area contributed by atoms with Crippen LogP contribution in [-0.4, -0.2) is 37.5 Å². The standard InChI is InChI=1S/C16H21N3O3S/c1-2-11-23(21,22)19-9-7-13(8-10-19)16(20)18-15-6-4-3-5-14(15)12-17/h3-6,13H,2,7-11H2,1H3,(H,18,20). The lowest BCUT2D eigenvalue weighted by Crippen LogP contribution is -2.42. The highest BCUT2D eigenvalue weighted by atomic mass is 32.2. The van der Waals surface area contributed by atoms with E-state index in [9.17, 15) is 13.2 Å². The summed E-state index contributed by atoms with van der Waals surface area (Å²) in [5, 5.41) is 11.8. The van der Waals surface area contributed by atoms with Gasteiger partial charge in [0.2, 0.25) is 15.9 Å². The quantitative estimate of drug-likeness (QED) is 0.890. The Hall–Kier alpha value is -1.91. The summed E-state index contributed by atoms with van der Waals surface area (Å²) in [6.45, 7) is 2.59. The van der Waals surface area contributed by atoms with E-state index < -0.39 is 10.0 Å². The zero-order chi connectivity index (χ0) is 16.9. The van der Waals surface area contributed by atoms with Crippen molar-refractivity contribution in [1.82, 2.24) is 4.31 Å². The molecule has 0 atom stereocenters. The number of amides is 1. The fraction of sp³-hybridized carbons (Fsp3) is 0.500. The van der Waals surface area contributed by atoms with Gasteiger partial charge in [-0.3, -0.25) is 4.79 Å². The predicted molar refractivity (Wildman–Crippen MR) is 88.2 cm³/mol. The topological polar surface area (TPSA) is 90.3 Å². The fourth-order valence-electron chi connectivity index (χ4n) is 2.71. The number of rotatable bonds is 5. The Morgan fingerprint density at radius 3 is 2.61 bits per heavy atom. The Labute approximate surface area is 137 Å². The second-order valence-corrected chi connectivity index (χ2v) is 7.72. The molecule has 0 bridgehead atoms. The number of sulfonamides is 1. The third-order valence-electron chi connectivity index (χ3n) is 3.99. The second-order valence-electron chi connectivity index (χ2n) is 5.64. The molecule has 1 aromatic rings. The molecule has 0 saturated carbocycles. The Bertz CT molecular complexity index is 702. The van der Waals surface area contributed by atoms with E-state index in [4.69, 9.17) is 5.26 Å². The zero-order valence-corrected chi connectivity index (χ0v) is 14.0. The van der Waals surface area contributed by atoms with E-state index in [0.29, 0.717) is 43.6 Å². The first-order valence-electron chi connectivity index (χ1n) is 7.75. The van der Waals surface area contributed by atoms with E-state index in [1.165, 1.54) is 4.31 Å².